The van der Waals surface area contributed by atoms with Crippen molar-refractivity contribution in [2.45, 2.75) is 200 Å². The quantitative estimate of drug-likeness (QED) is 0.0854. The van der Waals surface area contributed by atoms with Crippen molar-refractivity contribution in [3.63, 3.8) is 0 Å². The van der Waals surface area contributed by atoms with Gasteiger partial charge in [0.15, 0.2) is 0 Å². The van der Waals surface area contributed by atoms with Crippen LogP contribution in [-0.4, -0.2) is 17.2 Å². The Morgan fingerprint density at radius 3 is 1.29 bits per heavy atom. The second-order valence-corrected chi connectivity index (χ2v) is 13.0. The van der Waals surface area contributed by atoms with E-state index in [4.69, 9.17) is 4.74 Å². The number of hydrogen-bond donors (Lipinski definition) is 1. The number of carboxylic acid groups (broad SMARTS) is 1. The maximum atomic E-state index is 12.3. The van der Waals surface area contributed by atoms with E-state index in [-0.39, 0.29) is 6.10 Å². The van der Waals surface area contributed by atoms with E-state index >= 15 is 0 Å². The van der Waals surface area contributed by atoms with Gasteiger partial charge in [0.05, 0.1) is 18.6 Å². The van der Waals surface area contributed by atoms with Crippen molar-refractivity contribution in [2.24, 2.45) is 5.92 Å². The Labute approximate surface area is 262 Å². The van der Waals surface area contributed by atoms with Gasteiger partial charge in [0.1, 0.15) is 0 Å². The number of aliphatic carboxylic acids is 1. The van der Waals surface area contributed by atoms with Gasteiger partial charge in [0.25, 0.3) is 0 Å². The number of unbranched alkanes of at least 4 members (excludes halogenated alkanes) is 23. The van der Waals surface area contributed by atoms with Crippen molar-refractivity contribution in [3.8, 4) is 0 Å². The third kappa shape index (κ3) is 23.1. The maximum Gasteiger partial charge on any atom is 0.309 e. The van der Waals surface area contributed by atoms with E-state index in [1.165, 1.54) is 141 Å². The van der Waals surface area contributed by atoms with Gasteiger partial charge in [0, 0.05) is 0 Å². The third-order valence-electron chi connectivity index (χ3n) is 9.03. The second-order valence-electron chi connectivity index (χ2n) is 13.0. The SMILES string of the molecule is CCCCCCCCCCCCCCCC(OCc1ccccc1)C(CCCCCCCCCCCCCC)C(=O)O. The molecule has 0 saturated heterocycles. The summed E-state index contributed by atoms with van der Waals surface area (Å²) in [6.45, 7) is 5.06. The molecule has 0 saturated carbocycles. The summed E-state index contributed by atoms with van der Waals surface area (Å²) in [5.74, 6) is -1.07. The zero-order chi connectivity index (χ0) is 30.4. The molecular weight excluding hydrogens is 516 g/mol. The topological polar surface area (TPSA) is 46.5 Å². The first-order valence-electron chi connectivity index (χ1n) is 18.6. The highest BCUT2D eigenvalue weighted by atomic mass is 16.5. The average Bonchev–Trinajstić information content (AvgIpc) is 3.00. The molecule has 0 spiro atoms. The Morgan fingerprint density at radius 1 is 0.548 bits per heavy atom. The van der Waals surface area contributed by atoms with E-state index < -0.39 is 11.9 Å². The first-order valence-corrected chi connectivity index (χ1v) is 18.6. The molecular formula is C39H70O3. The molecule has 0 radical (unpaired) electrons. The first-order chi connectivity index (χ1) is 20.7. The number of ether oxygens (including phenoxy) is 1. The molecule has 0 amide bonds. The van der Waals surface area contributed by atoms with E-state index in [2.05, 4.69) is 26.0 Å². The van der Waals surface area contributed by atoms with Crippen LogP contribution in [0, 0.1) is 5.92 Å². The standard InChI is InChI=1S/C39H70O3/c1-3-5-7-9-11-13-15-17-19-21-23-25-30-34-38(42-35-36-31-27-26-28-32-36)37(39(40)41)33-29-24-22-20-18-16-14-12-10-8-6-4-2/h26-28,31-32,37-38H,3-25,29-30,33-35H2,1-2H3,(H,40,41). The predicted molar refractivity (Wildman–Crippen MR) is 182 cm³/mol. The summed E-state index contributed by atoms with van der Waals surface area (Å²) in [5.41, 5.74) is 1.13. The Hall–Kier alpha value is -1.35. The Bertz CT molecular complexity index is 688. The lowest BCUT2D eigenvalue weighted by Gasteiger charge is -2.25. The number of rotatable bonds is 32. The number of benzene rings is 1. The van der Waals surface area contributed by atoms with Gasteiger partial charge in [-0.25, -0.2) is 0 Å². The van der Waals surface area contributed by atoms with Crippen molar-refractivity contribution in [3.05, 3.63) is 35.9 Å². The Balaban J connectivity index is 2.29. The van der Waals surface area contributed by atoms with Crippen molar-refractivity contribution in [2.75, 3.05) is 0 Å². The largest absolute Gasteiger partial charge is 0.481 e. The van der Waals surface area contributed by atoms with Crippen LogP contribution < -0.4 is 0 Å². The molecule has 2 unspecified atom stereocenters. The van der Waals surface area contributed by atoms with Crippen molar-refractivity contribution >= 4 is 5.97 Å². The summed E-state index contributed by atoms with van der Waals surface area (Å²) in [5, 5.41) is 10.1. The zero-order valence-corrected chi connectivity index (χ0v) is 28.1. The van der Waals surface area contributed by atoms with E-state index in [1.54, 1.807) is 0 Å². The minimum absolute atomic E-state index is 0.192. The monoisotopic (exact) mass is 587 g/mol. The van der Waals surface area contributed by atoms with Crippen molar-refractivity contribution < 1.29 is 14.6 Å². The molecule has 1 rings (SSSR count). The number of carboxylic acids is 1. The van der Waals surface area contributed by atoms with Crippen LogP contribution in [0.3, 0.4) is 0 Å². The number of carbonyl (C=O) groups is 1. The third-order valence-corrected chi connectivity index (χ3v) is 9.03. The van der Waals surface area contributed by atoms with Gasteiger partial charge in [-0.2, -0.15) is 0 Å². The Morgan fingerprint density at radius 2 is 0.905 bits per heavy atom. The van der Waals surface area contributed by atoms with Crippen LogP contribution >= 0.6 is 0 Å². The van der Waals surface area contributed by atoms with E-state index in [0.29, 0.717) is 6.61 Å². The lowest BCUT2D eigenvalue weighted by Crippen LogP contribution is -2.31. The highest BCUT2D eigenvalue weighted by Crippen LogP contribution is 2.24. The molecule has 0 heterocycles. The van der Waals surface area contributed by atoms with Crippen molar-refractivity contribution in [1.29, 1.82) is 0 Å². The van der Waals surface area contributed by atoms with E-state index in [1.807, 2.05) is 18.2 Å². The minimum atomic E-state index is -0.675. The summed E-state index contributed by atoms with van der Waals surface area (Å²) in [4.78, 5) is 12.3. The van der Waals surface area contributed by atoms with Gasteiger partial charge in [-0.3, -0.25) is 4.79 Å². The van der Waals surface area contributed by atoms with Gasteiger partial charge in [-0.15, -0.1) is 0 Å². The summed E-state index contributed by atoms with van der Waals surface area (Å²) >= 11 is 0. The predicted octanol–water partition coefficient (Wildman–Crippen LogP) is 12.8. The van der Waals surface area contributed by atoms with Crippen LogP contribution in [0.5, 0.6) is 0 Å². The van der Waals surface area contributed by atoms with Gasteiger partial charge in [0.2, 0.25) is 0 Å². The molecule has 0 aliphatic carbocycles. The zero-order valence-electron chi connectivity index (χ0n) is 28.1. The lowest BCUT2D eigenvalue weighted by atomic mass is 9.91. The smallest absolute Gasteiger partial charge is 0.309 e. The summed E-state index contributed by atoms with van der Waals surface area (Å²) in [7, 11) is 0. The van der Waals surface area contributed by atoms with Crippen molar-refractivity contribution in [1.82, 2.24) is 0 Å². The molecule has 244 valence electrons. The molecule has 0 fully saturated rings. The fraction of sp³-hybridized carbons (Fsp3) is 0.821. The van der Waals surface area contributed by atoms with Gasteiger partial charge in [-0.05, 0) is 18.4 Å². The minimum Gasteiger partial charge on any atom is -0.481 e. The molecule has 0 aliphatic rings. The van der Waals surface area contributed by atoms with Crippen LogP contribution in [0.4, 0.5) is 0 Å². The van der Waals surface area contributed by atoms with Crippen LogP contribution in [-0.2, 0) is 16.1 Å². The van der Waals surface area contributed by atoms with E-state index in [9.17, 15) is 9.90 Å². The van der Waals surface area contributed by atoms with Crippen LogP contribution in [0.25, 0.3) is 0 Å². The molecule has 2 atom stereocenters. The van der Waals surface area contributed by atoms with Crippen LogP contribution in [0.15, 0.2) is 30.3 Å². The highest BCUT2D eigenvalue weighted by molar-refractivity contribution is 5.70. The summed E-state index contributed by atoms with van der Waals surface area (Å²) in [6.07, 6.45) is 34.3. The lowest BCUT2D eigenvalue weighted by molar-refractivity contribution is -0.149. The highest BCUT2D eigenvalue weighted by Gasteiger charge is 2.28. The normalized spacial score (nSPS) is 12.9. The van der Waals surface area contributed by atoms with Crippen LogP contribution in [0.1, 0.15) is 193 Å². The molecule has 0 aliphatic heterocycles. The summed E-state index contributed by atoms with van der Waals surface area (Å²) < 4.78 is 6.34. The fourth-order valence-electron chi connectivity index (χ4n) is 6.22. The molecule has 0 bridgehead atoms. The fourth-order valence-corrected chi connectivity index (χ4v) is 6.22. The molecule has 1 N–H and O–H groups in total. The average molecular weight is 587 g/mol. The van der Waals surface area contributed by atoms with E-state index in [0.717, 1.165) is 37.7 Å². The van der Waals surface area contributed by atoms with Gasteiger partial charge >= 0.3 is 5.97 Å². The molecule has 0 aromatic heterocycles. The molecule has 42 heavy (non-hydrogen) atoms. The Kier molecular flexibility index (Phi) is 27.4. The second kappa shape index (κ2) is 29.7. The molecule has 1 aromatic carbocycles. The molecule has 1 aromatic rings. The molecule has 3 nitrogen and oxygen atoms in total. The maximum absolute atomic E-state index is 12.3. The first kappa shape index (κ1) is 38.7. The summed E-state index contributed by atoms with van der Waals surface area (Å²) in [6, 6.07) is 10.2. The van der Waals surface area contributed by atoms with Crippen LogP contribution in [0.2, 0.25) is 0 Å². The number of hydrogen-bond acceptors (Lipinski definition) is 2. The van der Waals surface area contributed by atoms with Gasteiger partial charge in [-0.1, -0.05) is 205 Å². The van der Waals surface area contributed by atoms with Gasteiger partial charge < -0.3 is 9.84 Å². The molecule has 3 heteroatoms.